The van der Waals surface area contributed by atoms with Crippen LogP contribution in [-0.2, 0) is 12.8 Å². The largest absolute Gasteiger partial charge is 0.399 e. The van der Waals surface area contributed by atoms with Crippen LogP contribution in [0, 0.1) is 0 Å². The number of hydrogen-bond acceptors (Lipinski definition) is 3. The van der Waals surface area contributed by atoms with E-state index in [2.05, 4.69) is 34.1 Å². The van der Waals surface area contributed by atoms with E-state index in [-0.39, 0.29) is 0 Å². The molecule has 92 valence electrons. The second kappa shape index (κ2) is 4.69. The standard InChI is InChI=1S/C15H17N3/c16-14-2-1-13-6-10-18(15(13)11-14)9-5-12-3-7-17-8-4-12/h1-4,7-8,11H,5-6,9-10,16H2. The van der Waals surface area contributed by atoms with E-state index in [1.807, 2.05) is 18.5 Å². The average molecular weight is 239 g/mol. The fraction of sp³-hybridized carbons (Fsp3) is 0.267. The van der Waals surface area contributed by atoms with Crippen LogP contribution in [0.5, 0.6) is 0 Å². The number of nitrogen functional groups attached to an aromatic ring is 1. The number of nitrogens with zero attached hydrogens (tertiary/aromatic N) is 2. The molecule has 0 atom stereocenters. The van der Waals surface area contributed by atoms with Gasteiger partial charge in [0, 0.05) is 36.9 Å². The van der Waals surface area contributed by atoms with Gasteiger partial charge in [-0.2, -0.15) is 0 Å². The van der Waals surface area contributed by atoms with E-state index in [0.29, 0.717) is 0 Å². The second-order valence-corrected chi connectivity index (χ2v) is 4.73. The molecule has 1 aliphatic heterocycles. The number of pyridine rings is 1. The number of anilines is 2. The molecule has 0 bridgehead atoms. The third-order valence-electron chi connectivity index (χ3n) is 3.52. The molecular weight excluding hydrogens is 222 g/mol. The fourth-order valence-corrected chi connectivity index (χ4v) is 2.51. The minimum Gasteiger partial charge on any atom is -0.399 e. The van der Waals surface area contributed by atoms with Crippen molar-refractivity contribution < 1.29 is 0 Å². The predicted octanol–water partition coefficient (Wildman–Crippen LogP) is 2.27. The summed E-state index contributed by atoms with van der Waals surface area (Å²) in [6.07, 6.45) is 5.89. The van der Waals surface area contributed by atoms with Crippen LogP contribution in [0.25, 0.3) is 0 Å². The van der Waals surface area contributed by atoms with Crippen LogP contribution in [0.3, 0.4) is 0 Å². The number of nitrogens with two attached hydrogens (primary N) is 1. The molecule has 0 fully saturated rings. The van der Waals surface area contributed by atoms with Gasteiger partial charge in [-0.15, -0.1) is 0 Å². The summed E-state index contributed by atoms with van der Waals surface area (Å²) in [5.74, 6) is 0. The van der Waals surface area contributed by atoms with Crippen molar-refractivity contribution >= 4 is 11.4 Å². The van der Waals surface area contributed by atoms with Crippen molar-refractivity contribution in [1.29, 1.82) is 0 Å². The van der Waals surface area contributed by atoms with Crippen molar-refractivity contribution in [2.24, 2.45) is 0 Å². The Hall–Kier alpha value is -2.03. The van der Waals surface area contributed by atoms with Crippen LogP contribution < -0.4 is 10.6 Å². The summed E-state index contributed by atoms with van der Waals surface area (Å²) >= 11 is 0. The Bertz CT molecular complexity index is 537. The molecule has 18 heavy (non-hydrogen) atoms. The van der Waals surface area contributed by atoms with Gasteiger partial charge in [0.2, 0.25) is 0 Å². The first-order valence-electron chi connectivity index (χ1n) is 6.35. The van der Waals surface area contributed by atoms with Crippen molar-refractivity contribution in [3.8, 4) is 0 Å². The molecule has 2 aromatic rings. The Labute approximate surface area is 107 Å². The van der Waals surface area contributed by atoms with Crippen molar-refractivity contribution in [2.45, 2.75) is 12.8 Å². The van der Waals surface area contributed by atoms with Gasteiger partial charge >= 0.3 is 0 Å². The Kier molecular flexibility index (Phi) is 2.89. The van der Waals surface area contributed by atoms with Gasteiger partial charge < -0.3 is 10.6 Å². The summed E-state index contributed by atoms with van der Waals surface area (Å²) in [6, 6.07) is 10.4. The van der Waals surface area contributed by atoms with E-state index in [1.54, 1.807) is 0 Å². The average Bonchev–Trinajstić information content (AvgIpc) is 2.80. The molecule has 1 aliphatic rings. The topological polar surface area (TPSA) is 42.1 Å². The SMILES string of the molecule is Nc1ccc2c(c1)N(CCc1ccncc1)CC2. The maximum atomic E-state index is 5.87. The molecule has 2 N–H and O–H groups in total. The van der Waals surface area contributed by atoms with E-state index in [0.717, 1.165) is 31.6 Å². The van der Waals surface area contributed by atoms with Crippen LogP contribution in [0.2, 0.25) is 0 Å². The first-order chi connectivity index (χ1) is 8.83. The highest BCUT2D eigenvalue weighted by Crippen LogP contribution is 2.29. The zero-order valence-electron chi connectivity index (χ0n) is 10.3. The summed E-state index contributed by atoms with van der Waals surface area (Å²) in [7, 11) is 0. The predicted molar refractivity (Wildman–Crippen MR) is 74.7 cm³/mol. The molecule has 1 aromatic heterocycles. The molecule has 3 nitrogen and oxygen atoms in total. The van der Waals surface area contributed by atoms with Crippen LogP contribution in [0.4, 0.5) is 11.4 Å². The van der Waals surface area contributed by atoms with Crippen molar-refractivity contribution in [1.82, 2.24) is 4.98 Å². The van der Waals surface area contributed by atoms with E-state index in [4.69, 9.17) is 5.73 Å². The highest BCUT2D eigenvalue weighted by atomic mass is 15.1. The Balaban J connectivity index is 1.71. The molecule has 1 aromatic carbocycles. The van der Waals surface area contributed by atoms with Gasteiger partial charge in [-0.05, 0) is 48.2 Å². The van der Waals surface area contributed by atoms with Crippen LogP contribution in [0.15, 0.2) is 42.7 Å². The minimum atomic E-state index is 0.851. The highest BCUT2D eigenvalue weighted by Gasteiger charge is 2.18. The molecule has 0 aliphatic carbocycles. The molecule has 0 radical (unpaired) electrons. The summed E-state index contributed by atoms with van der Waals surface area (Å²) in [5.41, 5.74) is 10.8. The maximum Gasteiger partial charge on any atom is 0.0420 e. The van der Waals surface area contributed by atoms with Crippen LogP contribution >= 0.6 is 0 Å². The number of benzene rings is 1. The molecular formula is C15H17N3. The smallest absolute Gasteiger partial charge is 0.0420 e. The zero-order valence-corrected chi connectivity index (χ0v) is 10.3. The van der Waals surface area contributed by atoms with Crippen molar-refractivity contribution in [2.75, 3.05) is 23.7 Å². The molecule has 0 spiro atoms. The molecule has 0 amide bonds. The molecule has 0 saturated heterocycles. The number of aromatic nitrogens is 1. The number of fused-ring (bicyclic) bond motifs is 1. The zero-order chi connectivity index (χ0) is 12.4. The summed E-state index contributed by atoms with van der Waals surface area (Å²) in [4.78, 5) is 6.47. The lowest BCUT2D eigenvalue weighted by molar-refractivity contribution is 0.812. The molecule has 2 heterocycles. The van der Waals surface area contributed by atoms with Gasteiger partial charge in [0.25, 0.3) is 0 Å². The van der Waals surface area contributed by atoms with Crippen LogP contribution in [0.1, 0.15) is 11.1 Å². The minimum absolute atomic E-state index is 0.851. The van der Waals surface area contributed by atoms with Gasteiger partial charge in [-0.1, -0.05) is 6.07 Å². The second-order valence-electron chi connectivity index (χ2n) is 4.73. The van der Waals surface area contributed by atoms with E-state index >= 15 is 0 Å². The van der Waals surface area contributed by atoms with Crippen LogP contribution in [-0.4, -0.2) is 18.1 Å². The first kappa shape index (κ1) is 11.1. The van der Waals surface area contributed by atoms with Gasteiger partial charge in [0.05, 0.1) is 0 Å². The monoisotopic (exact) mass is 239 g/mol. The van der Waals surface area contributed by atoms with E-state index in [1.165, 1.54) is 16.8 Å². The fourth-order valence-electron chi connectivity index (χ4n) is 2.51. The normalized spacial score (nSPS) is 13.7. The summed E-state index contributed by atoms with van der Waals surface area (Å²) < 4.78 is 0. The Morgan fingerprint density at radius 2 is 2.00 bits per heavy atom. The van der Waals surface area contributed by atoms with Gasteiger partial charge in [-0.3, -0.25) is 4.98 Å². The molecule has 0 saturated carbocycles. The van der Waals surface area contributed by atoms with Crippen molar-refractivity contribution in [3.05, 3.63) is 53.9 Å². The van der Waals surface area contributed by atoms with E-state index in [9.17, 15) is 0 Å². The third-order valence-corrected chi connectivity index (χ3v) is 3.52. The lowest BCUT2D eigenvalue weighted by atomic mass is 10.1. The van der Waals surface area contributed by atoms with Gasteiger partial charge in [0.1, 0.15) is 0 Å². The summed E-state index contributed by atoms with van der Waals surface area (Å²) in [6.45, 7) is 2.14. The number of rotatable bonds is 3. The highest BCUT2D eigenvalue weighted by molar-refractivity contribution is 5.64. The van der Waals surface area contributed by atoms with Crippen molar-refractivity contribution in [3.63, 3.8) is 0 Å². The third kappa shape index (κ3) is 2.16. The Morgan fingerprint density at radius 3 is 2.83 bits per heavy atom. The molecule has 3 heteroatoms. The summed E-state index contributed by atoms with van der Waals surface area (Å²) in [5, 5.41) is 0. The molecule has 3 rings (SSSR count). The first-order valence-corrected chi connectivity index (χ1v) is 6.35. The Morgan fingerprint density at radius 1 is 1.17 bits per heavy atom. The number of hydrogen-bond donors (Lipinski definition) is 1. The maximum absolute atomic E-state index is 5.87. The lowest BCUT2D eigenvalue weighted by Crippen LogP contribution is -2.23. The quantitative estimate of drug-likeness (QED) is 0.835. The van der Waals surface area contributed by atoms with E-state index < -0.39 is 0 Å². The van der Waals surface area contributed by atoms with Gasteiger partial charge in [-0.25, -0.2) is 0 Å². The van der Waals surface area contributed by atoms with Gasteiger partial charge in [0.15, 0.2) is 0 Å². The lowest BCUT2D eigenvalue weighted by Gasteiger charge is -2.19. The molecule has 0 unspecified atom stereocenters.